The van der Waals surface area contributed by atoms with Crippen molar-refractivity contribution in [1.82, 2.24) is 5.32 Å². The molecule has 0 fully saturated rings. The number of nitrogens with one attached hydrogen (secondary N) is 1. The number of rotatable bonds is 11. The molecule has 0 spiro atoms. The van der Waals surface area contributed by atoms with E-state index in [0.717, 1.165) is 15.9 Å². The van der Waals surface area contributed by atoms with E-state index in [1.807, 2.05) is 19.1 Å². The number of amides is 1. The van der Waals surface area contributed by atoms with Crippen LogP contribution < -0.4 is 23.8 Å². The molecule has 192 valence electrons. The normalized spacial score (nSPS) is 11.9. The van der Waals surface area contributed by atoms with Gasteiger partial charge in [-0.15, -0.1) is 0 Å². The number of carbonyl (C=O) groups excluding carboxylic acids is 1. The minimum absolute atomic E-state index is 0.182. The van der Waals surface area contributed by atoms with Crippen molar-refractivity contribution in [1.29, 1.82) is 0 Å². The lowest BCUT2D eigenvalue weighted by atomic mass is 10.0. The molecule has 3 aromatic rings. The zero-order chi connectivity index (χ0) is 26.3. The molecule has 1 N–H and O–H groups in total. The molecule has 10 heteroatoms. The highest BCUT2D eigenvalue weighted by Crippen LogP contribution is 2.33. The fourth-order valence-electron chi connectivity index (χ4n) is 3.69. The number of sulfonamides is 1. The number of anilines is 1. The maximum Gasteiger partial charge on any atom is 0.265 e. The van der Waals surface area contributed by atoms with Crippen molar-refractivity contribution in [2.24, 2.45) is 0 Å². The third-order valence-corrected chi connectivity index (χ3v) is 7.37. The van der Waals surface area contributed by atoms with Crippen molar-refractivity contribution >= 4 is 21.6 Å². The molecule has 0 saturated carbocycles. The minimum atomic E-state index is -4.37. The summed E-state index contributed by atoms with van der Waals surface area (Å²) in [7, 11) is -0.00430. The summed E-state index contributed by atoms with van der Waals surface area (Å²) in [6.45, 7) is 1.26. The molecule has 1 unspecified atom stereocenters. The Labute approximate surface area is 210 Å². The highest BCUT2D eigenvalue weighted by molar-refractivity contribution is 7.92. The van der Waals surface area contributed by atoms with E-state index < -0.39 is 28.3 Å². The van der Waals surface area contributed by atoms with E-state index in [0.29, 0.717) is 17.9 Å². The smallest absolute Gasteiger partial charge is 0.265 e. The average molecular weight is 517 g/mol. The van der Waals surface area contributed by atoms with E-state index in [1.165, 1.54) is 50.6 Å². The predicted octanol–water partition coefficient (Wildman–Crippen LogP) is 4.31. The first-order chi connectivity index (χ1) is 17.2. The van der Waals surface area contributed by atoms with Crippen molar-refractivity contribution in [3.8, 4) is 17.2 Å². The van der Waals surface area contributed by atoms with Crippen LogP contribution in [0.25, 0.3) is 0 Å². The summed E-state index contributed by atoms with van der Waals surface area (Å²) >= 11 is 0. The van der Waals surface area contributed by atoms with Crippen molar-refractivity contribution in [2.45, 2.75) is 24.3 Å². The van der Waals surface area contributed by atoms with Crippen LogP contribution in [0.3, 0.4) is 0 Å². The van der Waals surface area contributed by atoms with Gasteiger partial charge in [-0.05, 0) is 48.4 Å². The summed E-state index contributed by atoms with van der Waals surface area (Å²) in [5.74, 6) is -0.188. The summed E-state index contributed by atoms with van der Waals surface area (Å²) < 4.78 is 58.4. The zero-order valence-corrected chi connectivity index (χ0v) is 21.3. The highest BCUT2D eigenvalue weighted by atomic mass is 32.2. The number of halogens is 1. The molecule has 0 aromatic heterocycles. The average Bonchev–Trinajstić information content (AvgIpc) is 2.90. The first kappa shape index (κ1) is 26.8. The lowest BCUT2D eigenvalue weighted by Crippen LogP contribution is -2.42. The third-order valence-electron chi connectivity index (χ3n) is 5.61. The molecule has 1 atom stereocenters. The second-order valence-corrected chi connectivity index (χ2v) is 9.64. The van der Waals surface area contributed by atoms with Crippen LogP contribution in [0.15, 0.2) is 71.6 Å². The second-order valence-electron chi connectivity index (χ2n) is 7.78. The summed E-state index contributed by atoms with van der Waals surface area (Å²) in [6.07, 6.45) is 0.556. The Morgan fingerprint density at radius 2 is 1.61 bits per heavy atom. The van der Waals surface area contributed by atoms with Gasteiger partial charge in [0.05, 0.1) is 38.0 Å². The summed E-state index contributed by atoms with van der Waals surface area (Å²) in [5.41, 5.74) is 0.576. The molecule has 0 saturated heterocycles. The Morgan fingerprint density at radius 1 is 0.944 bits per heavy atom. The summed E-state index contributed by atoms with van der Waals surface area (Å²) in [6, 6.07) is 16.2. The van der Waals surface area contributed by atoms with Crippen molar-refractivity contribution in [3.63, 3.8) is 0 Å². The lowest BCUT2D eigenvalue weighted by Gasteiger charge is -2.26. The van der Waals surface area contributed by atoms with Gasteiger partial charge < -0.3 is 19.5 Å². The molecule has 0 radical (unpaired) electrons. The van der Waals surface area contributed by atoms with Crippen molar-refractivity contribution < 1.29 is 31.8 Å². The van der Waals surface area contributed by atoms with Gasteiger partial charge in [0.2, 0.25) is 5.91 Å². The molecule has 36 heavy (non-hydrogen) atoms. The van der Waals surface area contributed by atoms with Gasteiger partial charge in [0.25, 0.3) is 10.0 Å². The van der Waals surface area contributed by atoms with E-state index in [2.05, 4.69) is 5.32 Å². The van der Waals surface area contributed by atoms with E-state index >= 15 is 0 Å². The van der Waals surface area contributed by atoms with Gasteiger partial charge in [-0.1, -0.05) is 31.2 Å². The highest BCUT2D eigenvalue weighted by Gasteiger charge is 2.30. The fourth-order valence-corrected chi connectivity index (χ4v) is 5.13. The van der Waals surface area contributed by atoms with Gasteiger partial charge in [0.15, 0.2) is 11.5 Å². The number of nitrogens with zero attached hydrogens (tertiary/aromatic N) is 1. The van der Waals surface area contributed by atoms with E-state index in [9.17, 15) is 17.6 Å². The molecule has 8 nitrogen and oxygen atoms in total. The standard InChI is InChI=1S/C26H29FN2O6S/c1-5-22(18-10-12-19(33-2)13-11-18)28-26(30)17-29(23-9-7-6-8-21(23)27)36(31,32)20-14-15-24(34-3)25(16-20)35-4/h6-16,22H,5,17H2,1-4H3,(H,28,30). The van der Waals surface area contributed by atoms with Crippen LogP contribution >= 0.6 is 0 Å². The largest absolute Gasteiger partial charge is 0.497 e. The topological polar surface area (TPSA) is 94.2 Å². The van der Waals surface area contributed by atoms with Gasteiger partial charge in [0.1, 0.15) is 18.1 Å². The number of hydrogen-bond donors (Lipinski definition) is 1. The molecule has 0 aliphatic heterocycles. The molecule has 1 amide bonds. The van der Waals surface area contributed by atoms with Crippen molar-refractivity contribution in [3.05, 3.63) is 78.1 Å². The predicted molar refractivity (Wildman–Crippen MR) is 135 cm³/mol. The quantitative estimate of drug-likeness (QED) is 0.408. The van der Waals surface area contributed by atoms with Gasteiger partial charge in [-0.2, -0.15) is 0 Å². The minimum Gasteiger partial charge on any atom is -0.497 e. The SMILES string of the molecule is CCC(NC(=O)CN(c1ccccc1F)S(=O)(=O)c1ccc(OC)c(OC)c1)c1ccc(OC)cc1. The Hall–Kier alpha value is -3.79. The van der Waals surface area contributed by atoms with E-state index in [1.54, 1.807) is 19.2 Å². The summed E-state index contributed by atoms with van der Waals surface area (Å²) in [4.78, 5) is 12.9. The van der Waals surface area contributed by atoms with Crippen LogP contribution in [0, 0.1) is 5.82 Å². The summed E-state index contributed by atoms with van der Waals surface area (Å²) in [5, 5.41) is 2.85. The maximum absolute atomic E-state index is 14.8. The third kappa shape index (κ3) is 5.88. The molecule has 0 bridgehead atoms. The number of hydrogen-bond acceptors (Lipinski definition) is 6. The van der Waals surface area contributed by atoms with Gasteiger partial charge in [-0.25, -0.2) is 12.8 Å². The second kappa shape index (κ2) is 11.8. The van der Waals surface area contributed by atoms with E-state index in [4.69, 9.17) is 14.2 Å². The van der Waals surface area contributed by atoms with E-state index in [-0.39, 0.29) is 22.4 Å². The Bertz CT molecular complexity index is 1300. The van der Waals surface area contributed by atoms with Gasteiger partial charge >= 0.3 is 0 Å². The van der Waals surface area contributed by atoms with Crippen LogP contribution in [-0.2, 0) is 14.8 Å². The molecule has 0 heterocycles. The molecular formula is C26H29FN2O6S. The molecule has 0 aliphatic rings. The lowest BCUT2D eigenvalue weighted by molar-refractivity contribution is -0.120. The first-order valence-electron chi connectivity index (χ1n) is 11.2. The number of methoxy groups -OCH3 is 3. The number of benzene rings is 3. The van der Waals surface area contributed by atoms with Gasteiger partial charge in [0, 0.05) is 6.07 Å². The Morgan fingerprint density at radius 3 is 2.19 bits per heavy atom. The van der Waals surface area contributed by atoms with Crippen molar-refractivity contribution in [2.75, 3.05) is 32.2 Å². The van der Waals surface area contributed by atoms with Crippen LogP contribution in [0.5, 0.6) is 17.2 Å². The van der Waals surface area contributed by atoms with Crippen LogP contribution in [0.4, 0.5) is 10.1 Å². The number of para-hydroxylation sites is 1. The maximum atomic E-state index is 14.8. The monoisotopic (exact) mass is 516 g/mol. The number of carbonyl (C=O) groups is 1. The number of ether oxygens (including phenoxy) is 3. The molecule has 3 aromatic carbocycles. The van der Waals surface area contributed by atoms with Crippen LogP contribution in [0.2, 0.25) is 0 Å². The molecule has 0 aliphatic carbocycles. The Balaban J connectivity index is 1.95. The molecule has 3 rings (SSSR count). The first-order valence-corrected chi connectivity index (χ1v) is 12.6. The van der Waals surface area contributed by atoms with Crippen LogP contribution in [-0.4, -0.2) is 42.2 Å². The van der Waals surface area contributed by atoms with Crippen LogP contribution in [0.1, 0.15) is 24.9 Å². The fraction of sp³-hybridized carbons (Fsp3) is 0.269. The van der Waals surface area contributed by atoms with Gasteiger partial charge in [-0.3, -0.25) is 9.10 Å². The Kier molecular flexibility index (Phi) is 8.76. The zero-order valence-electron chi connectivity index (χ0n) is 20.5. The molecular weight excluding hydrogens is 487 g/mol.